The van der Waals surface area contributed by atoms with Crippen LogP contribution in [0.25, 0.3) is 0 Å². The lowest BCUT2D eigenvalue weighted by Crippen LogP contribution is -2.46. The summed E-state index contributed by atoms with van der Waals surface area (Å²) in [5, 5.41) is 0.716. The molecule has 6 heteroatoms. The second-order valence-electron chi connectivity index (χ2n) is 5.17. The van der Waals surface area contributed by atoms with Gasteiger partial charge in [-0.2, -0.15) is 0 Å². The predicted molar refractivity (Wildman–Crippen MR) is 82.8 cm³/mol. The summed E-state index contributed by atoms with van der Waals surface area (Å²) in [6, 6.07) is 7.69. The molecule has 1 aliphatic rings. The Labute approximate surface area is 133 Å². The number of ether oxygens (including phenoxy) is 1. The van der Waals surface area contributed by atoms with Gasteiger partial charge in [0.1, 0.15) is 5.69 Å². The largest absolute Gasteiger partial charge is 0.374 e. The summed E-state index contributed by atoms with van der Waals surface area (Å²) in [6.45, 7) is 1.66. The first-order chi connectivity index (χ1) is 10.7. The van der Waals surface area contributed by atoms with Gasteiger partial charge in [0, 0.05) is 36.9 Å². The molecule has 1 aliphatic heterocycles. The normalized spacial score (nSPS) is 18.2. The molecule has 3 rings (SSSR count). The Morgan fingerprint density at radius 3 is 2.86 bits per heavy atom. The zero-order valence-corrected chi connectivity index (χ0v) is 12.7. The molecular weight excluding hydrogens is 302 g/mol. The number of carbonyl (C=O) groups is 1. The second-order valence-corrected chi connectivity index (χ2v) is 5.60. The molecule has 1 unspecified atom stereocenters. The first kappa shape index (κ1) is 14.9. The minimum Gasteiger partial charge on any atom is -0.374 e. The van der Waals surface area contributed by atoms with Crippen LogP contribution in [0.15, 0.2) is 42.9 Å². The van der Waals surface area contributed by atoms with Crippen LogP contribution < -0.4 is 0 Å². The fourth-order valence-electron chi connectivity index (χ4n) is 2.48. The van der Waals surface area contributed by atoms with Crippen molar-refractivity contribution in [3.63, 3.8) is 0 Å². The maximum absolute atomic E-state index is 12.4. The minimum atomic E-state index is -0.0995. The van der Waals surface area contributed by atoms with Crippen molar-refractivity contribution in [2.75, 3.05) is 19.7 Å². The van der Waals surface area contributed by atoms with Crippen LogP contribution in [0.2, 0.25) is 5.02 Å². The van der Waals surface area contributed by atoms with E-state index < -0.39 is 0 Å². The summed E-state index contributed by atoms with van der Waals surface area (Å²) in [7, 11) is 0. The fourth-order valence-corrected chi connectivity index (χ4v) is 2.61. The van der Waals surface area contributed by atoms with E-state index in [2.05, 4.69) is 9.97 Å². The van der Waals surface area contributed by atoms with Crippen molar-refractivity contribution in [1.29, 1.82) is 0 Å². The van der Waals surface area contributed by atoms with Crippen LogP contribution >= 0.6 is 11.6 Å². The SMILES string of the molecule is O=C(c1cnccn1)N1CCOC(Cc2ccc(Cl)cc2)C1. The van der Waals surface area contributed by atoms with Crippen LogP contribution in [0.1, 0.15) is 16.1 Å². The van der Waals surface area contributed by atoms with Crippen molar-refractivity contribution in [3.8, 4) is 0 Å². The Balaban J connectivity index is 1.64. The third-order valence-electron chi connectivity index (χ3n) is 3.58. The Hall–Kier alpha value is -1.98. The van der Waals surface area contributed by atoms with Crippen LogP contribution in [-0.2, 0) is 11.2 Å². The van der Waals surface area contributed by atoms with E-state index in [1.807, 2.05) is 24.3 Å². The number of amides is 1. The van der Waals surface area contributed by atoms with E-state index in [0.717, 1.165) is 12.0 Å². The highest BCUT2D eigenvalue weighted by molar-refractivity contribution is 6.30. The zero-order valence-electron chi connectivity index (χ0n) is 12.0. The van der Waals surface area contributed by atoms with E-state index >= 15 is 0 Å². The van der Waals surface area contributed by atoms with Crippen molar-refractivity contribution >= 4 is 17.5 Å². The lowest BCUT2D eigenvalue weighted by Gasteiger charge is -2.32. The van der Waals surface area contributed by atoms with Crippen LogP contribution in [-0.4, -0.2) is 46.6 Å². The van der Waals surface area contributed by atoms with Gasteiger partial charge in [0.15, 0.2) is 0 Å². The lowest BCUT2D eigenvalue weighted by molar-refractivity contribution is -0.0210. The number of aromatic nitrogens is 2. The van der Waals surface area contributed by atoms with Gasteiger partial charge in [0.25, 0.3) is 5.91 Å². The predicted octanol–water partition coefficient (Wildman–Crippen LogP) is 2.21. The van der Waals surface area contributed by atoms with Gasteiger partial charge in [-0.05, 0) is 17.7 Å². The van der Waals surface area contributed by atoms with Gasteiger partial charge in [0.2, 0.25) is 0 Å². The lowest BCUT2D eigenvalue weighted by atomic mass is 10.1. The first-order valence-corrected chi connectivity index (χ1v) is 7.51. The molecule has 1 fully saturated rings. The number of nitrogens with zero attached hydrogens (tertiary/aromatic N) is 3. The number of hydrogen-bond acceptors (Lipinski definition) is 4. The molecule has 0 spiro atoms. The molecule has 1 atom stereocenters. The summed E-state index contributed by atoms with van der Waals surface area (Å²) >= 11 is 5.89. The van der Waals surface area contributed by atoms with E-state index in [1.54, 1.807) is 11.1 Å². The van der Waals surface area contributed by atoms with Crippen molar-refractivity contribution in [2.24, 2.45) is 0 Å². The summed E-state index contributed by atoms with van der Waals surface area (Å²) in [5.74, 6) is -0.0995. The summed E-state index contributed by atoms with van der Waals surface area (Å²) in [4.78, 5) is 22.2. The van der Waals surface area contributed by atoms with Gasteiger partial charge in [-0.3, -0.25) is 9.78 Å². The molecule has 1 aromatic heterocycles. The molecule has 0 N–H and O–H groups in total. The van der Waals surface area contributed by atoms with Crippen LogP contribution in [0.3, 0.4) is 0 Å². The minimum absolute atomic E-state index is 0.0180. The van der Waals surface area contributed by atoms with Crippen LogP contribution in [0.4, 0.5) is 0 Å². The van der Waals surface area contributed by atoms with E-state index in [4.69, 9.17) is 16.3 Å². The van der Waals surface area contributed by atoms with E-state index in [9.17, 15) is 4.79 Å². The molecule has 22 heavy (non-hydrogen) atoms. The standard InChI is InChI=1S/C16H16ClN3O2/c17-13-3-1-12(2-4-13)9-14-11-20(7-8-22-14)16(21)15-10-18-5-6-19-15/h1-6,10,14H,7-9,11H2. The number of carbonyl (C=O) groups excluding carboxylic acids is 1. The van der Waals surface area contributed by atoms with Gasteiger partial charge < -0.3 is 9.64 Å². The van der Waals surface area contributed by atoms with Gasteiger partial charge in [-0.1, -0.05) is 23.7 Å². The molecule has 0 radical (unpaired) electrons. The second kappa shape index (κ2) is 6.85. The molecule has 5 nitrogen and oxygen atoms in total. The van der Waals surface area contributed by atoms with Crippen molar-refractivity contribution in [3.05, 3.63) is 59.1 Å². The van der Waals surface area contributed by atoms with Crippen LogP contribution in [0.5, 0.6) is 0 Å². The average Bonchev–Trinajstić information content (AvgIpc) is 2.57. The first-order valence-electron chi connectivity index (χ1n) is 7.14. The number of rotatable bonds is 3. The van der Waals surface area contributed by atoms with Crippen LogP contribution in [0, 0.1) is 0 Å². The zero-order chi connectivity index (χ0) is 15.4. The summed E-state index contributed by atoms with van der Waals surface area (Å²) in [6.07, 6.45) is 5.31. The highest BCUT2D eigenvalue weighted by Gasteiger charge is 2.25. The average molecular weight is 318 g/mol. The van der Waals surface area contributed by atoms with Crippen molar-refractivity contribution < 1.29 is 9.53 Å². The number of hydrogen-bond donors (Lipinski definition) is 0. The van der Waals surface area contributed by atoms with Gasteiger partial charge in [-0.25, -0.2) is 4.98 Å². The maximum Gasteiger partial charge on any atom is 0.274 e. The Morgan fingerprint density at radius 1 is 1.32 bits per heavy atom. The Morgan fingerprint density at radius 2 is 2.14 bits per heavy atom. The van der Waals surface area contributed by atoms with Gasteiger partial charge in [0.05, 0.1) is 18.9 Å². The smallest absolute Gasteiger partial charge is 0.274 e. The van der Waals surface area contributed by atoms with E-state index in [1.165, 1.54) is 12.4 Å². The monoisotopic (exact) mass is 317 g/mol. The topological polar surface area (TPSA) is 55.3 Å². The third-order valence-corrected chi connectivity index (χ3v) is 3.84. The van der Waals surface area contributed by atoms with E-state index in [0.29, 0.717) is 30.4 Å². The number of benzene rings is 1. The molecular formula is C16H16ClN3O2. The maximum atomic E-state index is 12.4. The fraction of sp³-hybridized carbons (Fsp3) is 0.312. The molecule has 2 heterocycles. The Bertz CT molecular complexity index is 634. The van der Waals surface area contributed by atoms with E-state index in [-0.39, 0.29) is 12.0 Å². The molecule has 2 aromatic rings. The van der Waals surface area contributed by atoms with Crippen molar-refractivity contribution in [1.82, 2.24) is 14.9 Å². The Kier molecular flexibility index (Phi) is 4.65. The highest BCUT2D eigenvalue weighted by atomic mass is 35.5. The number of halogens is 1. The summed E-state index contributed by atoms with van der Waals surface area (Å²) in [5.41, 5.74) is 1.51. The molecule has 0 aliphatic carbocycles. The van der Waals surface area contributed by atoms with Gasteiger partial charge >= 0.3 is 0 Å². The molecule has 114 valence electrons. The van der Waals surface area contributed by atoms with Crippen molar-refractivity contribution in [2.45, 2.75) is 12.5 Å². The van der Waals surface area contributed by atoms with Gasteiger partial charge in [-0.15, -0.1) is 0 Å². The summed E-state index contributed by atoms with van der Waals surface area (Å²) < 4.78 is 5.77. The number of morpholine rings is 1. The quantitative estimate of drug-likeness (QED) is 0.871. The molecule has 1 amide bonds. The molecule has 1 saturated heterocycles. The highest BCUT2D eigenvalue weighted by Crippen LogP contribution is 2.15. The third kappa shape index (κ3) is 3.61. The molecule has 1 aromatic carbocycles. The molecule has 0 saturated carbocycles. The molecule has 0 bridgehead atoms.